The number of carbonyl (C=O) groups is 3. The van der Waals surface area contributed by atoms with Crippen LogP contribution in [0.15, 0.2) is 41.4 Å². The van der Waals surface area contributed by atoms with Gasteiger partial charge in [-0.3, -0.25) is 9.59 Å². The standard InChI is InChI=1S/C28H35F3N6O6S/c1-17-4-6-19(7-5-17)44(42,43)37-14-2-3-21(37)26(39)34-20(27(40)41)8-9-23(38)36-15-11-18(12-16-36)24(32)25-33-13-10-22(35-25)28(29,30)31/h4-7,10,13,18,20-21,24H,2-3,8-9,11-12,14-16,32H2,1H3,(H,34,39)(H,40,41)/t20-,21-,24?/m0/s1. The van der Waals surface area contributed by atoms with Crippen LogP contribution in [0.4, 0.5) is 13.2 Å². The van der Waals surface area contributed by atoms with Gasteiger partial charge in [0, 0.05) is 32.3 Å². The number of hydrogen-bond acceptors (Lipinski definition) is 8. The van der Waals surface area contributed by atoms with Gasteiger partial charge in [0.1, 0.15) is 23.6 Å². The quantitative estimate of drug-likeness (QED) is 0.352. The first-order valence-corrected chi connectivity index (χ1v) is 15.7. The highest BCUT2D eigenvalue weighted by Crippen LogP contribution is 2.31. The van der Waals surface area contributed by atoms with Crippen molar-refractivity contribution in [1.29, 1.82) is 0 Å². The Balaban J connectivity index is 1.30. The minimum atomic E-state index is -4.63. The molecule has 1 aromatic carbocycles. The average Bonchev–Trinajstić information content (AvgIpc) is 3.50. The zero-order valence-electron chi connectivity index (χ0n) is 24.0. The summed E-state index contributed by atoms with van der Waals surface area (Å²) in [6.45, 7) is 2.45. The number of aromatic nitrogens is 2. The van der Waals surface area contributed by atoms with Crippen LogP contribution in [0.5, 0.6) is 0 Å². The Morgan fingerprint density at radius 1 is 1.09 bits per heavy atom. The fourth-order valence-electron chi connectivity index (χ4n) is 5.50. The molecule has 44 heavy (non-hydrogen) atoms. The zero-order chi connectivity index (χ0) is 32.2. The van der Waals surface area contributed by atoms with Crippen LogP contribution in [0.3, 0.4) is 0 Å². The van der Waals surface area contributed by atoms with Crippen molar-refractivity contribution in [1.82, 2.24) is 24.5 Å². The molecule has 2 amide bonds. The molecule has 0 saturated carbocycles. The minimum Gasteiger partial charge on any atom is -0.480 e. The maximum atomic E-state index is 13.2. The van der Waals surface area contributed by atoms with Gasteiger partial charge in [0.25, 0.3) is 0 Å². The summed E-state index contributed by atoms with van der Waals surface area (Å²) in [6, 6.07) is 3.63. The highest BCUT2D eigenvalue weighted by molar-refractivity contribution is 7.89. The van der Waals surface area contributed by atoms with Gasteiger partial charge in [0.15, 0.2) is 0 Å². The molecule has 1 unspecified atom stereocenters. The number of likely N-dealkylation sites (tertiary alicyclic amines) is 1. The van der Waals surface area contributed by atoms with Crippen LogP contribution in [0.1, 0.15) is 61.6 Å². The molecule has 0 radical (unpaired) electrons. The van der Waals surface area contributed by atoms with Crippen molar-refractivity contribution < 1.29 is 41.1 Å². The molecular formula is C28H35F3N6O6S. The Kier molecular flexibility index (Phi) is 10.3. The van der Waals surface area contributed by atoms with E-state index >= 15 is 0 Å². The monoisotopic (exact) mass is 640 g/mol. The zero-order valence-corrected chi connectivity index (χ0v) is 24.9. The van der Waals surface area contributed by atoms with Gasteiger partial charge >= 0.3 is 12.1 Å². The first-order valence-electron chi connectivity index (χ1n) is 14.2. The largest absolute Gasteiger partial charge is 0.480 e. The van der Waals surface area contributed by atoms with Crippen molar-refractivity contribution in [2.75, 3.05) is 19.6 Å². The number of nitrogens with zero attached hydrogens (tertiary/aromatic N) is 4. The van der Waals surface area contributed by atoms with Gasteiger partial charge < -0.3 is 21.1 Å². The molecule has 12 nitrogen and oxygen atoms in total. The van der Waals surface area contributed by atoms with Gasteiger partial charge in [-0.2, -0.15) is 17.5 Å². The summed E-state index contributed by atoms with van der Waals surface area (Å²) in [6.07, 6.45) is -2.60. The first-order chi connectivity index (χ1) is 20.7. The van der Waals surface area contributed by atoms with Crippen LogP contribution in [-0.4, -0.2) is 82.2 Å². The van der Waals surface area contributed by atoms with Gasteiger partial charge in [-0.25, -0.2) is 23.2 Å². The number of amides is 2. The molecule has 4 N–H and O–H groups in total. The first kappa shape index (κ1) is 33.3. The van der Waals surface area contributed by atoms with Crippen LogP contribution in [-0.2, 0) is 30.6 Å². The molecule has 2 saturated heterocycles. The summed E-state index contributed by atoms with van der Waals surface area (Å²) in [4.78, 5) is 46.9. The van der Waals surface area contributed by atoms with E-state index in [2.05, 4.69) is 15.3 Å². The third-order valence-corrected chi connectivity index (χ3v) is 9.98. The third kappa shape index (κ3) is 7.71. The summed E-state index contributed by atoms with van der Waals surface area (Å²) >= 11 is 0. The highest BCUT2D eigenvalue weighted by Gasteiger charge is 2.41. The smallest absolute Gasteiger partial charge is 0.433 e. The average molecular weight is 641 g/mol. The number of nitrogens with two attached hydrogens (primary N) is 1. The Morgan fingerprint density at radius 3 is 2.36 bits per heavy atom. The molecule has 0 spiro atoms. The molecule has 0 aliphatic carbocycles. The van der Waals surface area contributed by atoms with Gasteiger partial charge in [-0.15, -0.1) is 0 Å². The predicted molar refractivity (Wildman–Crippen MR) is 150 cm³/mol. The molecule has 2 aliphatic heterocycles. The van der Waals surface area contributed by atoms with E-state index in [0.29, 0.717) is 19.3 Å². The lowest BCUT2D eigenvalue weighted by molar-refractivity contribution is -0.143. The number of carboxylic acids is 1. The molecule has 4 rings (SSSR count). The second-order valence-corrected chi connectivity index (χ2v) is 13.0. The topological polar surface area (TPSA) is 176 Å². The van der Waals surface area contributed by atoms with E-state index < -0.39 is 51.9 Å². The molecule has 3 atom stereocenters. The van der Waals surface area contributed by atoms with E-state index in [1.54, 1.807) is 12.1 Å². The molecule has 2 fully saturated rings. The highest BCUT2D eigenvalue weighted by atomic mass is 32.2. The number of aryl methyl sites for hydroxylation is 1. The minimum absolute atomic E-state index is 0.0373. The number of aliphatic carboxylic acids is 1. The lowest BCUT2D eigenvalue weighted by Gasteiger charge is -2.34. The molecule has 0 bridgehead atoms. The number of carbonyl (C=O) groups excluding carboxylic acids is 2. The molecule has 16 heteroatoms. The third-order valence-electron chi connectivity index (χ3n) is 8.06. The van der Waals surface area contributed by atoms with Crippen molar-refractivity contribution >= 4 is 27.8 Å². The van der Waals surface area contributed by atoms with Crippen molar-refractivity contribution in [2.45, 2.75) is 74.6 Å². The lowest BCUT2D eigenvalue weighted by Crippen LogP contribution is -2.51. The predicted octanol–water partition coefficient (Wildman–Crippen LogP) is 2.25. The van der Waals surface area contributed by atoms with Crippen LogP contribution in [0.2, 0.25) is 0 Å². The molecule has 1 aromatic heterocycles. The number of hydrogen-bond donors (Lipinski definition) is 3. The fraction of sp³-hybridized carbons (Fsp3) is 0.536. The summed E-state index contributed by atoms with van der Waals surface area (Å²) in [7, 11) is -3.99. The maximum absolute atomic E-state index is 13.2. The SMILES string of the molecule is Cc1ccc(S(=O)(=O)N2CCC[C@H]2C(=O)N[C@@H](CCC(=O)N2CCC(C(N)c3nccc(C(F)(F)F)n3)CC2)C(=O)O)cc1. The normalized spacial score (nSPS) is 19.8. The van der Waals surface area contributed by atoms with Gasteiger partial charge in [0.05, 0.1) is 10.9 Å². The van der Waals surface area contributed by atoms with Crippen molar-refractivity contribution in [3.63, 3.8) is 0 Å². The van der Waals surface area contributed by atoms with E-state index in [1.165, 1.54) is 17.0 Å². The molecular weight excluding hydrogens is 605 g/mol. The van der Waals surface area contributed by atoms with E-state index in [9.17, 15) is 41.1 Å². The van der Waals surface area contributed by atoms with E-state index in [4.69, 9.17) is 5.73 Å². The van der Waals surface area contributed by atoms with Crippen LogP contribution in [0.25, 0.3) is 0 Å². The number of sulfonamides is 1. The molecule has 3 heterocycles. The lowest BCUT2D eigenvalue weighted by atomic mass is 9.89. The Labute approximate surface area is 252 Å². The number of carboxylic acid groups (broad SMARTS) is 1. The van der Waals surface area contributed by atoms with Crippen LogP contribution >= 0.6 is 0 Å². The number of rotatable bonds is 10. The molecule has 2 aromatic rings. The number of halogens is 3. The number of nitrogens with one attached hydrogen (secondary N) is 1. The number of piperidine rings is 1. The second kappa shape index (κ2) is 13.6. The summed E-state index contributed by atoms with van der Waals surface area (Å²) in [5.41, 5.74) is 5.95. The molecule has 2 aliphatic rings. The summed E-state index contributed by atoms with van der Waals surface area (Å²) in [5.74, 6) is -2.85. The molecule has 240 valence electrons. The Bertz CT molecular complexity index is 1460. The van der Waals surface area contributed by atoms with E-state index in [0.717, 1.165) is 22.1 Å². The van der Waals surface area contributed by atoms with Crippen molar-refractivity contribution in [3.8, 4) is 0 Å². The number of benzene rings is 1. The van der Waals surface area contributed by atoms with Crippen LogP contribution in [0, 0.1) is 12.8 Å². The van der Waals surface area contributed by atoms with Crippen molar-refractivity contribution in [3.05, 3.63) is 53.6 Å². The fourth-order valence-corrected chi connectivity index (χ4v) is 7.15. The Hall–Kier alpha value is -3.63. The maximum Gasteiger partial charge on any atom is 0.433 e. The van der Waals surface area contributed by atoms with Gasteiger partial charge in [-0.1, -0.05) is 17.7 Å². The van der Waals surface area contributed by atoms with Gasteiger partial charge in [0.2, 0.25) is 21.8 Å². The summed E-state index contributed by atoms with van der Waals surface area (Å²) < 4.78 is 66.5. The summed E-state index contributed by atoms with van der Waals surface area (Å²) in [5, 5.41) is 12.1. The van der Waals surface area contributed by atoms with Crippen LogP contribution < -0.4 is 11.1 Å². The van der Waals surface area contributed by atoms with E-state index in [1.807, 2.05) is 6.92 Å². The number of alkyl halides is 3. The van der Waals surface area contributed by atoms with E-state index in [-0.39, 0.29) is 61.4 Å². The second-order valence-electron chi connectivity index (χ2n) is 11.1. The van der Waals surface area contributed by atoms with Crippen molar-refractivity contribution in [2.24, 2.45) is 11.7 Å². The van der Waals surface area contributed by atoms with Gasteiger partial charge in [-0.05, 0) is 63.1 Å². The Morgan fingerprint density at radius 2 is 1.75 bits per heavy atom.